The zero-order valence-electron chi connectivity index (χ0n) is 10.6. The summed E-state index contributed by atoms with van der Waals surface area (Å²) in [4.78, 5) is 33.8. The third kappa shape index (κ3) is 3.66. The lowest BCUT2D eigenvalue weighted by Crippen LogP contribution is -2.51. The summed E-state index contributed by atoms with van der Waals surface area (Å²) >= 11 is 0. The highest BCUT2D eigenvalue weighted by Crippen LogP contribution is 2.20. The molecule has 100 valence electrons. The SMILES string of the molecule is CC(=O)N[C@@H]1C(=O)CC(C(=O)O)=C[C@H]1OC(C)C. The molecule has 2 atom stereocenters. The zero-order valence-corrected chi connectivity index (χ0v) is 10.6. The molecule has 1 aliphatic rings. The number of hydrogen-bond donors (Lipinski definition) is 2. The van der Waals surface area contributed by atoms with Crippen LogP contribution in [0.25, 0.3) is 0 Å². The van der Waals surface area contributed by atoms with Crippen molar-refractivity contribution >= 4 is 17.7 Å². The molecule has 0 aromatic heterocycles. The third-order valence-corrected chi connectivity index (χ3v) is 2.47. The number of Topliss-reactive ketones (excluding diaryl/α,β-unsaturated/α-hetero) is 1. The van der Waals surface area contributed by atoms with Crippen LogP contribution in [0, 0.1) is 0 Å². The maximum absolute atomic E-state index is 11.8. The first-order chi connectivity index (χ1) is 8.31. The summed E-state index contributed by atoms with van der Waals surface area (Å²) in [5.74, 6) is -1.84. The van der Waals surface area contributed by atoms with E-state index in [9.17, 15) is 14.4 Å². The summed E-state index contributed by atoms with van der Waals surface area (Å²) in [6.45, 7) is 4.85. The molecule has 1 rings (SSSR count). The number of rotatable bonds is 4. The minimum absolute atomic E-state index is 0.00671. The number of aliphatic carboxylic acids is 1. The van der Waals surface area contributed by atoms with E-state index < -0.39 is 18.1 Å². The number of ether oxygens (including phenoxy) is 1. The highest BCUT2D eigenvalue weighted by Gasteiger charge is 2.35. The van der Waals surface area contributed by atoms with Crippen LogP contribution in [0.15, 0.2) is 11.6 Å². The van der Waals surface area contributed by atoms with E-state index in [1.54, 1.807) is 13.8 Å². The Bertz CT molecular complexity index is 399. The molecule has 0 aliphatic heterocycles. The molecule has 0 radical (unpaired) electrons. The van der Waals surface area contributed by atoms with Crippen molar-refractivity contribution in [3.8, 4) is 0 Å². The van der Waals surface area contributed by atoms with Gasteiger partial charge in [-0.25, -0.2) is 4.79 Å². The van der Waals surface area contributed by atoms with Crippen LogP contribution in [0.1, 0.15) is 27.2 Å². The van der Waals surface area contributed by atoms with Crippen LogP contribution in [-0.4, -0.2) is 41.0 Å². The van der Waals surface area contributed by atoms with Gasteiger partial charge in [0.05, 0.1) is 6.10 Å². The van der Waals surface area contributed by atoms with E-state index in [0.29, 0.717) is 0 Å². The Balaban J connectivity index is 2.98. The Labute approximate surface area is 105 Å². The van der Waals surface area contributed by atoms with Crippen molar-refractivity contribution in [3.05, 3.63) is 11.6 Å². The number of nitrogens with one attached hydrogen (secondary N) is 1. The molecule has 6 heteroatoms. The van der Waals surface area contributed by atoms with E-state index in [1.807, 2.05) is 0 Å². The van der Waals surface area contributed by atoms with Crippen LogP contribution in [0.5, 0.6) is 0 Å². The number of amides is 1. The van der Waals surface area contributed by atoms with Crippen LogP contribution in [0.4, 0.5) is 0 Å². The van der Waals surface area contributed by atoms with Gasteiger partial charge in [0, 0.05) is 18.9 Å². The second-order valence-corrected chi connectivity index (χ2v) is 4.47. The van der Waals surface area contributed by atoms with E-state index in [-0.39, 0.29) is 29.8 Å². The first-order valence-electron chi connectivity index (χ1n) is 5.70. The Morgan fingerprint density at radius 2 is 2.11 bits per heavy atom. The van der Waals surface area contributed by atoms with Crippen molar-refractivity contribution in [2.24, 2.45) is 0 Å². The monoisotopic (exact) mass is 255 g/mol. The molecular formula is C12H17NO5. The molecule has 0 spiro atoms. The number of carbonyl (C=O) groups excluding carboxylic acids is 2. The van der Waals surface area contributed by atoms with Crippen molar-refractivity contribution < 1.29 is 24.2 Å². The summed E-state index contributed by atoms with van der Waals surface area (Å²) in [7, 11) is 0. The molecule has 18 heavy (non-hydrogen) atoms. The summed E-state index contributed by atoms with van der Waals surface area (Å²) < 4.78 is 5.48. The molecule has 0 aromatic carbocycles. The van der Waals surface area contributed by atoms with Gasteiger partial charge in [0.25, 0.3) is 0 Å². The number of carboxylic acids is 1. The second-order valence-electron chi connectivity index (χ2n) is 4.47. The van der Waals surface area contributed by atoms with Crippen LogP contribution in [0.3, 0.4) is 0 Å². The molecular weight excluding hydrogens is 238 g/mol. The van der Waals surface area contributed by atoms with Crippen LogP contribution >= 0.6 is 0 Å². The Kier molecular flexibility index (Phi) is 4.61. The highest BCUT2D eigenvalue weighted by molar-refractivity contribution is 6.00. The molecule has 0 heterocycles. The lowest BCUT2D eigenvalue weighted by Gasteiger charge is -2.30. The van der Waals surface area contributed by atoms with Crippen LogP contribution in [0.2, 0.25) is 0 Å². The largest absolute Gasteiger partial charge is 0.478 e. The fourth-order valence-electron chi connectivity index (χ4n) is 1.79. The molecule has 0 saturated carbocycles. The molecule has 0 saturated heterocycles. The van der Waals surface area contributed by atoms with E-state index in [1.165, 1.54) is 13.0 Å². The Morgan fingerprint density at radius 1 is 1.50 bits per heavy atom. The lowest BCUT2D eigenvalue weighted by atomic mass is 9.91. The summed E-state index contributed by atoms with van der Waals surface area (Å²) in [6, 6.07) is -0.812. The third-order valence-electron chi connectivity index (χ3n) is 2.47. The van der Waals surface area contributed by atoms with Gasteiger partial charge >= 0.3 is 5.97 Å². The number of ketones is 1. The summed E-state index contributed by atoms with van der Waals surface area (Å²) in [5, 5.41) is 11.4. The standard InChI is InChI=1S/C12H17NO5/c1-6(2)18-10-5-8(12(16)17)4-9(15)11(10)13-7(3)14/h5-6,10-11H,4H2,1-3H3,(H,13,14)(H,16,17)/t10-,11-/m1/s1. The molecule has 0 aromatic rings. The van der Waals surface area contributed by atoms with E-state index in [4.69, 9.17) is 9.84 Å². The first kappa shape index (κ1) is 14.4. The van der Waals surface area contributed by atoms with Gasteiger partial charge in [-0.3, -0.25) is 9.59 Å². The van der Waals surface area contributed by atoms with Crippen LogP contribution < -0.4 is 5.32 Å². The fraction of sp³-hybridized carbons (Fsp3) is 0.583. The van der Waals surface area contributed by atoms with Gasteiger partial charge in [-0.05, 0) is 19.9 Å². The quantitative estimate of drug-likeness (QED) is 0.752. The molecule has 0 bridgehead atoms. The first-order valence-corrected chi connectivity index (χ1v) is 5.70. The molecule has 1 aliphatic carbocycles. The van der Waals surface area contributed by atoms with Crippen molar-refractivity contribution in [1.29, 1.82) is 0 Å². The van der Waals surface area contributed by atoms with Gasteiger partial charge in [-0.1, -0.05) is 0 Å². The number of carbonyl (C=O) groups is 3. The minimum Gasteiger partial charge on any atom is -0.478 e. The molecule has 2 N–H and O–H groups in total. The number of hydrogen-bond acceptors (Lipinski definition) is 4. The normalized spacial score (nSPS) is 23.8. The maximum atomic E-state index is 11.8. The highest BCUT2D eigenvalue weighted by atomic mass is 16.5. The average Bonchev–Trinajstić information content (AvgIpc) is 2.21. The molecule has 6 nitrogen and oxygen atoms in total. The van der Waals surface area contributed by atoms with Gasteiger partial charge < -0.3 is 15.2 Å². The molecule has 1 amide bonds. The predicted octanol–water partition coefficient (Wildman–Crippen LogP) is 0.268. The predicted molar refractivity (Wildman–Crippen MR) is 63.0 cm³/mol. The van der Waals surface area contributed by atoms with Crippen LogP contribution in [-0.2, 0) is 19.1 Å². The van der Waals surface area contributed by atoms with E-state index in [2.05, 4.69) is 5.32 Å². The van der Waals surface area contributed by atoms with Crippen molar-refractivity contribution in [2.45, 2.75) is 45.4 Å². The summed E-state index contributed by atoms with van der Waals surface area (Å²) in [5.41, 5.74) is 0.00671. The van der Waals surface area contributed by atoms with Gasteiger partial charge in [-0.2, -0.15) is 0 Å². The van der Waals surface area contributed by atoms with Crippen molar-refractivity contribution in [1.82, 2.24) is 5.32 Å². The zero-order chi connectivity index (χ0) is 13.9. The average molecular weight is 255 g/mol. The van der Waals surface area contributed by atoms with Gasteiger partial charge in [0.2, 0.25) is 5.91 Å². The van der Waals surface area contributed by atoms with Crippen molar-refractivity contribution in [3.63, 3.8) is 0 Å². The second kappa shape index (κ2) is 5.77. The van der Waals surface area contributed by atoms with Crippen molar-refractivity contribution in [2.75, 3.05) is 0 Å². The topological polar surface area (TPSA) is 92.7 Å². The maximum Gasteiger partial charge on any atom is 0.331 e. The number of carboxylic acid groups (broad SMARTS) is 1. The Morgan fingerprint density at radius 3 is 2.56 bits per heavy atom. The van der Waals surface area contributed by atoms with Gasteiger partial charge in [0.1, 0.15) is 12.1 Å². The van der Waals surface area contributed by atoms with E-state index >= 15 is 0 Å². The minimum atomic E-state index is -1.14. The van der Waals surface area contributed by atoms with Gasteiger partial charge in [-0.15, -0.1) is 0 Å². The van der Waals surface area contributed by atoms with Gasteiger partial charge in [0.15, 0.2) is 5.78 Å². The Hall–Kier alpha value is -1.69. The molecule has 0 unspecified atom stereocenters. The lowest BCUT2D eigenvalue weighted by molar-refractivity contribution is -0.136. The fourth-order valence-corrected chi connectivity index (χ4v) is 1.79. The smallest absolute Gasteiger partial charge is 0.331 e. The van der Waals surface area contributed by atoms with E-state index in [0.717, 1.165) is 0 Å². The molecule has 0 fully saturated rings. The summed E-state index contributed by atoms with van der Waals surface area (Å²) in [6.07, 6.45) is 0.285.